The number of nitrogens with zero attached hydrogens (tertiary/aromatic N) is 3. The van der Waals surface area contributed by atoms with Crippen LogP contribution in [0.4, 0.5) is 5.69 Å². The average Bonchev–Trinajstić information content (AvgIpc) is 3.06. The highest BCUT2D eigenvalue weighted by Crippen LogP contribution is 2.27. The SMILES string of the molecule is O=C(NC[C@H](O)CN1CCc2ccccc21)c1cc(CC2COC2)ncn1. The molecule has 1 fully saturated rings. The topological polar surface area (TPSA) is 87.6 Å². The number of hydrogen-bond donors (Lipinski definition) is 2. The lowest BCUT2D eigenvalue weighted by atomic mass is 10.0. The number of benzene rings is 1. The van der Waals surface area contributed by atoms with Crippen LogP contribution in [0.2, 0.25) is 0 Å². The second-order valence-corrected chi connectivity index (χ2v) is 7.19. The molecule has 0 unspecified atom stereocenters. The highest BCUT2D eigenvalue weighted by molar-refractivity contribution is 5.92. The predicted molar refractivity (Wildman–Crippen MR) is 101 cm³/mol. The van der Waals surface area contributed by atoms with Crippen LogP contribution in [0.25, 0.3) is 0 Å². The number of fused-ring (bicyclic) bond motifs is 1. The molecule has 27 heavy (non-hydrogen) atoms. The van der Waals surface area contributed by atoms with Crippen LogP contribution in [0, 0.1) is 5.92 Å². The third-order valence-corrected chi connectivity index (χ3v) is 5.07. The fourth-order valence-corrected chi connectivity index (χ4v) is 3.55. The van der Waals surface area contributed by atoms with Crippen LogP contribution < -0.4 is 10.2 Å². The van der Waals surface area contributed by atoms with E-state index < -0.39 is 6.10 Å². The van der Waals surface area contributed by atoms with Gasteiger partial charge in [-0.05, 0) is 30.5 Å². The van der Waals surface area contributed by atoms with Crippen molar-refractivity contribution in [1.82, 2.24) is 15.3 Å². The Morgan fingerprint density at radius 2 is 2.19 bits per heavy atom. The summed E-state index contributed by atoms with van der Waals surface area (Å²) in [4.78, 5) is 22.8. The lowest BCUT2D eigenvalue weighted by Crippen LogP contribution is -2.40. The van der Waals surface area contributed by atoms with Crippen molar-refractivity contribution >= 4 is 11.6 Å². The van der Waals surface area contributed by atoms with Gasteiger partial charge in [-0.2, -0.15) is 0 Å². The molecule has 1 amide bonds. The summed E-state index contributed by atoms with van der Waals surface area (Å²) in [6.07, 6.45) is 2.56. The van der Waals surface area contributed by atoms with Crippen LogP contribution in [0.3, 0.4) is 0 Å². The fourth-order valence-electron chi connectivity index (χ4n) is 3.55. The maximum absolute atomic E-state index is 12.4. The van der Waals surface area contributed by atoms with Gasteiger partial charge in [0.15, 0.2) is 0 Å². The normalized spacial score (nSPS) is 17.3. The van der Waals surface area contributed by atoms with E-state index in [2.05, 4.69) is 32.3 Å². The summed E-state index contributed by atoms with van der Waals surface area (Å²) < 4.78 is 5.17. The number of carbonyl (C=O) groups is 1. The van der Waals surface area contributed by atoms with E-state index in [0.717, 1.165) is 38.3 Å². The number of amides is 1. The van der Waals surface area contributed by atoms with Crippen molar-refractivity contribution in [3.8, 4) is 0 Å². The van der Waals surface area contributed by atoms with Gasteiger partial charge in [0.25, 0.3) is 5.91 Å². The van der Waals surface area contributed by atoms with Gasteiger partial charge in [-0.1, -0.05) is 18.2 Å². The Bertz CT molecular complexity index is 809. The number of aliphatic hydroxyl groups excluding tert-OH is 1. The molecule has 2 aliphatic heterocycles. The molecule has 2 aliphatic rings. The van der Waals surface area contributed by atoms with Crippen molar-refractivity contribution in [3.05, 3.63) is 53.6 Å². The van der Waals surface area contributed by atoms with Crippen LogP contribution in [0.15, 0.2) is 36.7 Å². The molecule has 1 atom stereocenters. The number of aliphatic hydroxyl groups is 1. The van der Waals surface area contributed by atoms with Gasteiger partial charge < -0.3 is 20.1 Å². The van der Waals surface area contributed by atoms with Crippen LogP contribution in [-0.2, 0) is 17.6 Å². The number of rotatable bonds is 7. The van der Waals surface area contributed by atoms with E-state index in [0.29, 0.717) is 18.2 Å². The second kappa shape index (κ2) is 8.02. The number of nitrogens with one attached hydrogen (secondary N) is 1. The Labute approximate surface area is 158 Å². The third kappa shape index (κ3) is 4.26. The van der Waals surface area contributed by atoms with Gasteiger partial charge in [0.1, 0.15) is 12.0 Å². The smallest absolute Gasteiger partial charge is 0.270 e. The first kappa shape index (κ1) is 17.9. The maximum atomic E-state index is 12.4. The van der Waals surface area contributed by atoms with Crippen LogP contribution in [-0.4, -0.2) is 59.9 Å². The first-order chi connectivity index (χ1) is 13.2. The van der Waals surface area contributed by atoms with Gasteiger partial charge in [0, 0.05) is 36.9 Å². The Hall–Kier alpha value is -2.51. The molecule has 2 N–H and O–H groups in total. The first-order valence-corrected chi connectivity index (χ1v) is 9.37. The number of aromatic nitrogens is 2. The Morgan fingerprint density at radius 3 is 3.00 bits per heavy atom. The third-order valence-electron chi connectivity index (χ3n) is 5.07. The van der Waals surface area contributed by atoms with E-state index in [1.54, 1.807) is 6.07 Å². The maximum Gasteiger partial charge on any atom is 0.270 e. The lowest BCUT2D eigenvalue weighted by Gasteiger charge is -2.25. The largest absolute Gasteiger partial charge is 0.389 e. The summed E-state index contributed by atoms with van der Waals surface area (Å²) in [7, 11) is 0. The highest BCUT2D eigenvalue weighted by Gasteiger charge is 2.22. The van der Waals surface area contributed by atoms with E-state index in [-0.39, 0.29) is 12.5 Å². The highest BCUT2D eigenvalue weighted by atomic mass is 16.5. The average molecular weight is 368 g/mol. The Morgan fingerprint density at radius 1 is 1.33 bits per heavy atom. The zero-order chi connectivity index (χ0) is 18.6. The van der Waals surface area contributed by atoms with Gasteiger partial charge in [0.2, 0.25) is 0 Å². The molecule has 1 aromatic carbocycles. The van der Waals surface area contributed by atoms with Crippen LogP contribution in [0.5, 0.6) is 0 Å². The van der Waals surface area contributed by atoms with Crippen molar-refractivity contribution in [2.75, 3.05) is 37.7 Å². The summed E-state index contributed by atoms with van der Waals surface area (Å²) in [5.41, 5.74) is 3.65. The summed E-state index contributed by atoms with van der Waals surface area (Å²) in [6, 6.07) is 9.95. The van der Waals surface area contributed by atoms with Crippen LogP contribution >= 0.6 is 0 Å². The van der Waals surface area contributed by atoms with Crippen molar-refractivity contribution in [3.63, 3.8) is 0 Å². The van der Waals surface area contributed by atoms with Crippen molar-refractivity contribution in [1.29, 1.82) is 0 Å². The van der Waals surface area contributed by atoms with Crippen molar-refractivity contribution < 1.29 is 14.6 Å². The summed E-state index contributed by atoms with van der Waals surface area (Å²) in [5, 5.41) is 13.1. The molecule has 1 saturated heterocycles. The fraction of sp³-hybridized carbons (Fsp3) is 0.450. The van der Waals surface area contributed by atoms with Gasteiger partial charge in [-0.3, -0.25) is 4.79 Å². The molecule has 0 spiro atoms. The van der Waals surface area contributed by atoms with E-state index in [1.807, 2.05) is 12.1 Å². The standard InChI is InChI=1S/C20H24N4O3/c25-17(10-24-6-5-15-3-1-2-4-19(15)24)9-21-20(26)18-8-16(22-13-23-18)7-14-11-27-12-14/h1-4,8,13-14,17,25H,5-7,9-12H2,(H,21,26)/t17-/m0/s1. The molecule has 7 nitrogen and oxygen atoms in total. The summed E-state index contributed by atoms with van der Waals surface area (Å²) >= 11 is 0. The molecule has 0 radical (unpaired) electrons. The number of anilines is 1. The number of ether oxygens (including phenoxy) is 1. The van der Waals surface area contributed by atoms with Crippen molar-refractivity contribution in [2.45, 2.75) is 18.9 Å². The quantitative estimate of drug-likeness (QED) is 0.752. The molecule has 3 heterocycles. The Balaban J connectivity index is 1.28. The summed E-state index contributed by atoms with van der Waals surface area (Å²) in [5.74, 6) is 0.186. The molecule has 0 aliphatic carbocycles. The van der Waals surface area contributed by atoms with E-state index in [1.165, 1.54) is 17.6 Å². The number of carbonyl (C=O) groups excluding carboxylic acids is 1. The number of hydrogen-bond acceptors (Lipinski definition) is 6. The number of para-hydroxylation sites is 1. The molecule has 0 bridgehead atoms. The van der Waals surface area contributed by atoms with Crippen LogP contribution in [0.1, 0.15) is 21.7 Å². The lowest BCUT2D eigenvalue weighted by molar-refractivity contribution is -0.0316. The second-order valence-electron chi connectivity index (χ2n) is 7.19. The van der Waals surface area contributed by atoms with Crippen molar-refractivity contribution in [2.24, 2.45) is 5.92 Å². The minimum atomic E-state index is -0.645. The Kier molecular flexibility index (Phi) is 5.31. The molecular formula is C20H24N4O3. The predicted octanol–water partition coefficient (Wildman–Crippen LogP) is 0.819. The molecule has 7 heteroatoms. The molecule has 2 aromatic rings. The molecule has 0 saturated carbocycles. The van der Waals surface area contributed by atoms with E-state index in [4.69, 9.17) is 4.74 Å². The molecular weight excluding hydrogens is 344 g/mol. The van der Waals surface area contributed by atoms with Gasteiger partial charge in [-0.15, -0.1) is 0 Å². The van der Waals surface area contributed by atoms with E-state index in [9.17, 15) is 9.90 Å². The van der Waals surface area contributed by atoms with Gasteiger partial charge in [-0.25, -0.2) is 9.97 Å². The van der Waals surface area contributed by atoms with E-state index >= 15 is 0 Å². The zero-order valence-corrected chi connectivity index (χ0v) is 15.2. The molecule has 4 rings (SSSR count). The zero-order valence-electron chi connectivity index (χ0n) is 15.2. The van der Waals surface area contributed by atoms with Gasteiger partial charge in [0.05, 0.1) is 19.3 Å². The molecule has 142 valence electrons. The summed E-state index contributed by atoms with van der Waals surface area (Å²) in [6.45, 7) is 3.07. The monoisotopic (exact) mass is 368 g/mol. The molecule has 1 aromatic heterocycles. The minimum Gasteiger partial charge on any atom is -0.389 e. The first-order valence-electron chi connectivity index (χ1n) is 9.37. The minimum absolute atomic E-state index is 0.188. The number of β-amino-alcohol motifs (C(OH)–C–C–N with tert-alkyl or cyclic N) is 1. The van der Waals surface area contributed by atoms with Gasteiger partial charge >= 0.3 is 0 Å².